The van der Waals surface area contributed by atoms with Gasteiger partial charge in [0, 0.05) is 17.5 Å². The fraction of sp³-hybridized carbons (Fsp3) is 0.154. The number of primary amides is 1. The largest absolute Gasteiger partial charge is 0.413 e. The van der Waals surface area contributed by atoms with Gasteiger partial charge in [0.1, 0.15) is 0 Å². The van der Waals surface area contributed by atoms with Crippen molar-refractivity contribution in [2.45, 2.75) is 12.2 Å². The number of nitrogens with two attached hydrogens (primary N) is 1. The zero-order valence-corrected chi connectivity index (χ0v) is 11.9. The number of para-hydroxylation sites is 1. The van der Waals surface area contributed by atoms with Gasteiger partial charge in [-0.25, -0.2) is 0 Å². The Balaban J connectivity index is 0.00000200. The number of hydrogen-bond donors (Lipinski definition) is 1. The zero-order valence-electron chi connectivity index (χ0n) is 10.2. The molecule has 0 spiro atoms. The molecular formula is C13H12BrF3N2O. The first-order chi connectivity index (χ1) is 8.91. The Hall–Kier alpha value is -1.76. The molecule has 1 amide bonds. The summed E-state index contributed by atoms with van der Waals surface area (Å²) in [5.41, 5.74) is 4.89. The number of alkyl halides is 3. The highest BCUT2D eigenvalue weighted by atomic mass is 79.9. The molecule has 20 heavy (non-hydrogen) atoms. The molecule has 0 saturated heterocycles. The number of carbonyl (C=O) groups excluding carboxylic acids is 1. The predicted octanol–water partition coefficient (Wildman–Crippen LogP) is 2.94. The molecule has 1 atom stereocenters. The molecule has 1 aliphatic rings. The molecule has 1 aromatic rings. The highest BCUT2D eigenvalue weighted by molar-refractivity contribution is 8.93. The van der Waals surface area contributed by atoms with Gasteiger partial charge in [-0.15, -0.1) is 17.0 Å². The summed E-state index contributed by atoms with van der Waals surface area (Å²) in [6.07, 6.45) is -0.851. The lowest BCUT2D eigenvalue weighted by atomic mass is 10.0. The minimum atomic E-state index is -4.60. The molecule has 0 fully saturated rings. The van der Waals surface area contributed by atoms with Crippen molar-refractivity contribution in [1.82, 2.24) is 0 Å². The van der Waals surface area contributed by atoms with Gasteiger partial charge in [0.15, 0.2) is 6.04 Å². The third-order valence-corrected chi connectivity index (χ3v) is 2.74. The SMILES string of the molecule is Br.NC(=O)C1=CC=CN(c2ccccc2)C1C(F)(F)F. The Labute approximate surface area is 124 Å². The summed E-state index contributed by atoms with van der Waals surface area (Å²) in [5.74, 6) is -1.08. The molecule has 108 valence electrons. The zero-order chi connectivity index (χ0) is 14.0. The molecule has 1 unspecified atom stereocenters. The number of halogens is 4. The average Bonchev–Trinajstić information content (AvgIpc) is 2.38. The van der Waals surface area contributed by atoms with Crippen LogP contribution in [0.4, 0.5) is 18.9 Å². The van der Waals surface area contributed by atoms with Crippen LogP contribution in [0, 0.1) is 0 Å². The summed E-state index contributed by atoms with van der Waals surface area (Å²) < 4.78 is 39.5. The monoisotopic (exact) mass is 348 g/mol. The molecule has 1 aromatic carbocycles. The Morgan fingerprint density at radius 1 is 1.20 bits per heavy atom. The predicted molar refractivity (Wildman–Crippen MR) is 75.5 cm³/mol. The van der Waals surface area contributed by atoms with E-state index in [1.165, 1.54) is 24.4 Å². The van der Waals surface area contributed by atoms with Crippen LogP contribution in [-0.4, -0.2) is 18.1 Å². The molecule has 1 heterocycles. The van der Waals surface area contributed by atoms with E-state index in [4.69, 9.17) is 5.73 Å². The van der Waals surface area contributed by atoms with Crippen LogP contribution in [-0.2, 0) is 4.79 Å². The Morgan fingerprint density at radius 3 is 2.30 bits per heavy atom. The normalized spacial score (nSPS) is 18.2. The number of nitrogens with zero attached hydrogens (tertiary/aromatic N) is 1. The van der Waals surface area contributed by atoms with Gasteiger partial charge in [-0.3, -0.25) is 4.79 Å². The average molecular weight is 349 g/mol. The van der Waals surface area contributed by atoms with Crippen LogP contribution in [0.25, 0.3) is 0 Å². The summed E-state index contributed by atoms with van der Waals surface area (Å²) in [4.78, 5) is 12.2. The smallest absolute Gasteiger partial charge is 0.366 e. The first-order valence-corrected chi connectivity index (χ1v) is 5.49. The number of allylic oxidation sites excluding steroid dienone is 2. The van der Waals surface area contributed by atoms with Crippen LogP contribution in [0.3, 0.4) is 0 Å². The maximum atomic E-state index is 13.2. The van der Waals surface area contributed by atoms with Crippen molar-refractivity contribution in [1.29, 1.82) is 0 Å². The topological polar surface area (TPSA) is 46.3 Å². The minimum Gasteiger partial charge on any atom is -0.366 e. The summed E-state index contributed by atoms with van der Waals surface area (Å²) >= 11 is 0. The quantitative estimate of drug-likeness (QED) is 0.893. The number of rotatable bonds is 2. The fourth-order valence-corrected chi connectivity index (χ4v) is 1.95. The van der Waals surface area contributed by atoms with E-state index in [2.05, 4.69) is 0 Å². The van der Waals surface area contributed by atoms with Crippen LogP contribution < -0.4 is 10.6 Å². The number of hydrogen-bond acceptors (Lipinski definition) is 2. The number of anilines is 1. The van der Waals surface area contributed by atoms with E-state index >= 15 is 0 Å². The maximum absolute atomic E-state index is 13.2. The number of carbonyl (C=O) groups is 1. The van der Waals surface area contributed by atoms with Crippen LogP contribution >= 0.6 is 17.0 Å². The van der Waals surface area contributed by atoms with E-state index in [-0.39, 0.29) is 17.0 Å². The van der Waals surface area contributed by atoms with E-state index in [0.29, 0.717) is 5.69 Å². The Morgan fingerprint density at radius 2 is 1.80 bits per heavy atom. The van der Waals surface area contributed by atoms with E-state index < -0.39 is 23.7 Å². The molecule has 2 rings (SSSR count). The van der Waals surface area contributed by atoms with Gasteiger partial charge >= 0.3 is 6.18 Å². The fourth-order valence-electron chi connectivity index (χ4n) is 1.95. The van der Waals surface area contributed by atoms with E-state index in [1.807, 2.05) is 0 Å². The standard InChI is InChI=1S/C13H11F3N2O.BrH/c14-13(15,16)11-10(12(17)19)7-4-8-18(11)9-5-2-1-3-6-9;/h1-8,11H,(H2,17,19);1H. The van der Waals surface area contributed by atoms with Crippen molar-refractivity contribution in [2.75, 3.05) is 4.90 Å². The lowest BCUT2D eigenvalue weighted by Crippen LogP contribution is -2.48. The molecule has 3 nitrogen and oxygen atoms in total. The Kier molecular flexibility index (Phi) is 4.99. The third-order valence-electron chi connectivity index (χ3n) is 2.74. The van der Waals surface area contributed by atoms with Gasteiger partial charge in [0.25, 0.3) is 0 Å². The lowest BCUT2D eigenvalue weighted by molar-refractivity contribution is -0.143. The molecule has 0 aromatic heterocycles. The molecule has 2 N–H and O–H groups in total. The van der Waals surface area contributed by atoms with Crippen molar-refractivity contribution in [3.8, 4) is 0 Å². The molecule has 0 bridgehead atoms. The second kappa shape index (κ2) is 6.13. The first-order valence-electron chi connectivity index (χ1n) is 5.49. The van der Waals surface area contributed by atoms with Crippen LogP contribution in [0.15, 0.2) is 54.3 Å². The second-order valence-corrected chi connectivity index (χ2v) is 4.01. The van der Waals surface area contributed by atoms with E-state index in [1.54, 1.807) is 18.2 Å². The van der Waals surface area contributed by atoms with Gasteiger partial charge in [-0.2, -0.15) is 13.2 Å². The van der Waals surface area contributed by atoms with Crippen LogP contribution in [0.5, 0.6) is 0 Å². The van der Waals surface area contributed by atoms with Crippen molar-refractivity contribution in [3.63, 3.8) is 0 Å². The summed E-state index contributed by atoms with van der Waals surface area (Å²) in [5, 5.41) is 0. The molecule has 1 aliphatic heterocycles. The summed E-state index contributed by atoms with van der Waals surface area (Å²) in [6, 6.07) is 5.96. The molecular weight excluding hydrogens is 337 g/mol. The number of amides is 1. The van der Waals surface area contributed by atoms with Gasteiger partial charge in [-0.1, -0.05) is 18.2 Å². The van der Waals surface area contributed by atoms with Gasteiger partial charge < -0.3 is 10.6 Å². The number of benzene rings is 1. The molecule has 0 saturated carbocycles. The highest BCUT2D eigenvalue weighted by Gasteiger charge is 2.48. The van der Waals surface area contributed by atoms with Crippen molar-refractivity contribution < 1.29 is 18.0 Å². The van der Waals surface area contributed by atoms with Crippen molar-refractivity contribution >= 4 is 28.6 Å². The van der Waals surface area contributed by atoms with Crippen molar-refractivity contribution in [3.05, 3.63) is 54.3 Å². The van der Waals surface area contributed by atoms with E-state index in [9.17, 15) is 18.0 Å². The van der Waals surface area contributed by atoms with Crippen LogP contribution in [0.2, 0.25) is 0 Å². The summed E-state index contributed by atoms with van der Waals surface area (Å²) in [6.45, 7) is 0. The van der Waals surface area contributed by atoms with Gasteiger partial charge in [0.05, 0.1) is 0 Å². The molecule has 7 heteroatoms. The van der Waals surface area contributed by atoms with Gasteiger partial charge in [0.2, 0.25) is 5.91 Å². The maximum Gasteiger partial charge on any atom is 0.413 e. The lowest BCUT2D eigenvalue weighted by Gasteiger charge is -2.34. The molecule has 0 aliphatic carbocycles. The molecule has 0 radical (unpaired) electrons. The highest BCUT2D eigenvalue weighted by Crippen LogP contribution is 2.35. The van der Waals surface area contributed by atoms with Crippen LogP contribution in [0.1, 0.15) is 0 Å². The summed E-state index contributed by atoms with van der Waals surface area (Å²) in [7, 11) is 0. The second-order valence-electron chi connectivity index (χ2n) is 4.01. The van der Waals surface area contributed by atoms with Crippen molar-refractivity contribution in [2.24, 2.45) is 5.73 Å². The minimum absolute atomic E-state index is 0. The first kappa shape index (κ1) is 16.3. The Bertz CT molecular complexity index is 540. The van der Waals surface area contributed by atoms with E-state index in [0.717, 1.165) is 11.0 Å². The third kappa shape index (κ3) is 3.22. The van der Waals surface area contributed by atoms with Gasteiger partial charge in [-0.05, 0) is 24.3 Å².